The first-order valence-electron chi connectivity index (χ1n) is 11.1. The van der Waals surface area contributed by atoms with Crippen molar-refractivity contribution in [3.05, 3.63) is 71.4 Å². The number of nitrogens with zero attached hydrogens (tertiary/aromatic N) is 2. The molecule has 2 N–H and O–H groups in total. The van der Waals surface area contributed by atoms with Crippen LogP contribution in [-0.2, 0) is 16.1 Å². The largest absolute Gasteiger partial charge is 0.491 e. The third-order valence-corrected chi connectivity index (χ3v) is 6.41. The smallest absolute Gasteiger partial charge is 0.274 e. The Hall–Kier alpha value is -3.49. The third kappa shape index (κ3) is 4.27. The lowest BCUT2D eigenvalue weighted by Gasteiger charge is -2.34. The molecule has 8 nitrogen and oxygen atoms in total. The second-order valence-electron chi connectivity index (χ2n) is 8.40. The predicted molar refractivity (Wildman–Crippen MR) is 120 cm³/mol. The fraction of sp³-hybridized carbons (Fsp3) is 0.320. The number of hydrogen-bond acceptors (Lipinski definition) is 6. The van der Waals surface area contributed by atoms with Gasteiger partial charge in [0.05, 0.1) is 18.1 Å². The van der Waals surface area contributed by atoms with Crippen LogP contribution in [0, 0.1) is 5.92 Å². The highest BCUT2D eigenvalue weighted by Gasteiger charge is 2.34. The van der Waals surface area contributed by atoms with Gasteiger partial charge in [0, 0.05) is 41.8 Å². The van der Waals surface area contributed by atoms with Crippen LogP contribution in [0.15, 0.2) is 54.7 Å². The van der Waals surface area contributed by atoms with Gasteiger partial charge in [-0.2, -0.15) is 0 Å². The summed E-state index contributed by atoms with van der Waals surface area (Å²) in [5, 5.41) is 9.97. The highest BCUT2D eigenvalue weighted by Crippen LogP contribution is 2.35. The molecule has 2 aromatic carbocycles. The van der Waals surface area contributed by atoms with Gasteiger partial charge in [-0.3, -0.25) is 19.8 Å². The van der Waals surface area contributed by atoms with Gasteiger partial charge in [-0.15, -0.1) is 0 Å². The quantitative estimate of drug-likeness (QED) is 0.472. The van der Waals surface area contributed by atoms with E-state index in [0.717, 1.165) is 22.0 Å². The molecule has 0 unspecified atom stereocenters. The van der Waals surface area contributed by atoms with Gasteiger partial charge in [-0.25, -0.2) is 5.48 Å². The summed E-state index contributed by atoms with van der Waals surface area (Å²) in [4.78, 5) is 31.9. The van der Waals surface area contributed by atoms with Crippen LogP contribution in [-0.4, -0.2) is 46.7 Å². The first kappa shape index (κ1) is 21.4. The monoisotopic (exact) mass is 447 g/mol. The predicted octanol–water partition coefficient (Wildman–Crippen LogP) is 3.24. The van der Waals surface area contributed by atoms with Crippen molar-refractivity contribution in [2.75, 3.05) is 19.8 Å². The molecule has 1 fully saturated rings. The van der Waals surface area contributed by atoms with Crippen molar-refractivity contribution in [1.29, 1.82) is 0 Å². The van der Waals surface area contributed by atoms with Crippen LogP contribution in [0.2, 0.25) is 0 Å². The number of hydrogen-bond donors (Lipinski definition) is 2. The topological polar surface area (TPSA) is 101 Å². The number of benzene rings is 2. The van der Waals surface area contributed by atoms with Crippen LogP contribution < -0.4 is 10.2 Å². The first-order valence-corrected chi connectivity index (χ1v) is 11.1. The van der Waals surface area contributed by atoms with Gasteiger partial charge in [0.2, 0.25) is 5.91 Å². The average Bonchev–Trinajstić information content (AvgIpc) is 3.07. The standard InChI is InChI=1S/C25H25N3O5/c29-24(27-31)19-3-4-20-14-28(25(30)16-7-10-32-11-8-16)22(15-33-23(20)13-19)18-5-6-21-17(12-18)2-1-9-26-21/h1-6,9,12-13,16,22,31H,7-8,10-11,14-15H2,(H,27,29)/t22-/m1/s1. The number of ether oxygens (including phenoxy) is 2. The average molecular weight is 447 g/mol. The SMILES string of the molecule is O=C(NO)c1ccc2c(c1)OC[C@H](c1ccc3ncccc3c1)N(C(=O)C1CCOCC1)C2. The summed E-state index contributed by atoms with van der Waals surface area (Å²) in [7, 11) is 0. The van der Waals surface area contributed by atoms with E-state index in [-0.39, 0.29) is 30.0 Å². The summed E-state index contributed by atoms with van der Waals surface area (Å²) in [5.41, 5.74) is 4.61. The molecule has 0 spiro atoms. The summed E-state index contributed by atoms with van der Waals surface area (Å²) in [6, 6.07) is 14.6. The van der Waals surface area contributed by atoms with Gasteiger partial charge in [0.15, 0.2) is 0 Å². The minimum atomic E-state index is -0.612. The van der Waals surface area contributed by atoms with Crippen LogP contribution in [0.5, 0.6) is 5.75 Å². The maximum absolute atomic E-state index is 13.7. The van der Waals surface area contributed by atoms with Gasteiger partial charge in [0.1, 0.15) is 12.4 Å². The number of carbonyl (C=O) groups is 2. The Morgan fingerprint density at radius 2 is 1.94 bits per heavy atom. The van der Waals surface area contributed by atoms with Crippen molar-refractivity contribution >= 4 is 22.7 Å². The van der Waals surface area contributed by atoms with Gasteiger partial charge in [-0.1, -0.05) is 18.2 Å². The number of amides is 2. The summed E-state index contributed by atoms with van der Waals surface area (Å²) in [6.07, 6.45) is 3.16. The summed E-state index contributed by atoms with van der Waals surface area (Å²) < 4.78 is 11.6. The molecule has 0 saturated carbocycles. The molecule has 2 aliphatic heterocycles. The van der Waals surface area contributed by atoms with Gasteiger partial charge in [-0.05, 0) is 48.7 Å². The summed E-state index contributed by atoms with van der Waals surface area (Å²) in [5.74, 6) is -0.0854. The lowest BCUT2D eigenvalue weighted by molar-refractivity contribution is -0.142. The molecule has 33 heavy (non-hydrogen) atoms. The van der Waals surface area contributed by atoms with Crippen molar-refractivity contribution in [2.45, 2.75) is 25.4 Å². The molecular weight excluding hydrogens is 422 g/mol. The second kappa shape index (κ2) is 9.17. The van der Waals surface area contributed by atoms with E-state index in [4.69, 9.17) is 14.7 Å². The highest BCUT2D eigenvalue weighted by molar-refractivity contribution is 5.94. The van der Waals surface area contributed by atoms with Crippen molar-refractivity contribution in [1.82, 2.24) is 15.4 Å². The minimum Gasteiger partial charge on any atom is -0.491 e. The fourth-order valence-electron chi connectivity index (χ4n) is 4.57. The van der Waals surface area contributed by atoms with Crippen LogP contribution in [0.25, 0.3) is 10.9 Å². The molecular formula is C25H25N3O5. The molecule has 3 heterocycles. The molecule has 3 aromatic rings. The Kier molecular flexibility index (Phi) is 5.93. The third-order valence-electron chi connectivity index (χ3n) is 6.41. The molecule has 0 bridgehead atoms. The van der Waals surface area contributed by atoms with Crippen LogP contribution in [0.3, 0.4) is 0 Å². The van der Waals surface area contributed by atoms with Crippen LogP contribution in [0.4, 0.5) is 0 Å². The van der Waals surface area contributed by atoms with Crippen LogP contribution >= 0.6 is 0 Å². The molecule has 8 heteroatoms. The normalized spacial score (nSPS) is 18.8. The Bertz CT molecular complexity index is 1190. The molecule has 5 rings (SSSR count). The number of rotatable bonds is 3. The number of aromatic nitrogens is 1. The zero-order valence-corrected chi connectivity index (χ0v) is 18.1. The minimum absolute atomic E-state index is 0.0863. The van der Waals surface area contributed by atoms with Crippen molar-refractivity contribution < 1.29 is 24.3 Å². The van der Waals surface area contributed by atoms with E-state index < -0.39 is 5.91 Å². The van der Waals surface area contributed by atoms with E-state index in [2.05, 4.69) is 11.1 Å². The van der Waals surface area contributed by atoms with Gasteiger partial charge < -0.3 is 14.4 Å². The highest BCUT2D eigenvalue weighted by atomic mass is 16.5. The molecule has 2 amide bonds. The maximum atomic E-state index is 13.7. The number of carbonyl (C=O) groups excluding carboxylic acids is 2. The molecule has 1 atom stereocenters. The Balaban J connectivity index is 1.53. The molecule has 170 valence electrons. The Morgan fingerprint density at radius 3 is 2.76 bits per heavy atom. The van der Waals surface area contributed by atoms with Crippen molar-refractivity contribution in [3.63, 3.8) is 0 Å². The van der Waals surface area contributed by atoms with E-state index in [1.54, 1.807) is 29.9 Å². The van der Waals surface area contributed by atoms with Gasteiger partial charge in [0.25, 0.3) is 5.91 Å². The van der Waals surface area contributed by atoms with Crippen molar-refractivity contribution in [2.24, 2.45) is 5.92 Å². The molecule has 0 aliphatic carbocycles. The zero-order chi connectivity index (χ0) is 22.8. The van der Waals surface area contributed by atoms with Crippen LogP contribution in [0.1, 0.15) is 40.4 Å². The summed E-state index contributed by atoms with van der Waals surface area (Å²) in [6.45, 7) is 1.78. The number of pyridine rings is 1. The summed E-state index contributed by atoms with van der Waals surface area (Å²) >= 11 is 0. The fourth-order valence-corrected chi connectivity index (χ4v) is 4.57. The van der Waals surface area contributed by atoms with E-state index in [1.165, 1.54) is 0 Å². The van der Waals surface area contributed by atoms with E-state index in [1.807, 2.05) is 29.2 Å². The van der Waals surface area contributed by atoms with E-state index in [9.17, 15) is 9.59 Å². The molecule has 0 radical (unpaired) electrons. The number of fused-ring (bicyclic) bond motifs is 2. The number of nitrogens with one attached hydrogen (secondary N) is 1. The maximum Gasteiger partial charge on any atom is 0.274 e. The lowest BCUT2D eigenvalue weighted by atomic mass is 9.95. The zero-order valence-electron chi connectivity index (χ0n) is 18.1. The molecule has 1 saturated heterocycles. The number of hydroxylamine groups is 1. The van der Waals surface area contributed by atoms with E-state index >= 15 is 0 Å². The Morgan fingerprint density at radius 1 is 1.09 bits per heavy atom. The molecule has 1 aromatic heterocycles. The second-order valence-corrected chi connectivity index (χ2v) is 8.40. The lowest BCUT2D eigenvalue weighted by Crippen LogP contribution is -2.41. The first-order chi connectivity index (χ1) is 16.1. The van der Waals surface area contributed by atoms with Gasteiger partial charge >= 0.3 is 0 Å². The Labute approximate surface area is 191 Å². The molecule has 2 aliphatic rings. The van der Waals surface area contributed by atoms with Crippen molar-refractivity contribution in [3.8, 4) is 5.75 Å². The van der Waals surface area contributed by atoms with E-state index in [0.29, 0.717) is 38.3 Å².